The summed E-state index contributed by atoms with van der Waals surface area (Å²) in [6.45, 7) is 4.99. The number of nitrogens with one attached hydrogen (secondary N) is 1. The average Bonchev–Trinajstić information content (AvgIpc) is 2.96. The van der Waals surface area contributed by atoms with E-state index < -0.39 is 0 Å². The molecule has 1 N–H and O–H groups in total. The molecule has 0 saturated heterocycles. The fourth-order valence-electron chi connectivity index (χ4n) is 1.51. The summed E-state index contributed by atoms with van der Waals surface area (Å²) in [5, 5.41) is 3.39. The van der Waals surface area contributed by atoms with Crippen molar-refractivity contribution in [2.75, 3.05) is 13.7 Å². The first-order valence-electron chi connectivity index (χ1n) is 4.94. The highest BCUT2D eigenvalue weighted by molar-refractivity contribution is 9.10. The van der Waals surface area contributed by atoms with Crippen LogP contribution < -0.4 is 5.32 Å². The monoisotopic (exact) mass is 263 g/mol. The Hall–Kier alpha value is -0.0900. The minimum absolute atomic E-state index is 0.139. The van der Waals surface area contributed by atoms with Crippen molar-refractivity contribution in [1.82, 2.24) is 5.32 Å². The lowest BCUT2D eigenvalue weighted by Crippen LogP contribution is -2.45. The van der Waals surface area contributed by atoms with Crippen molar-refractivity contribution in [2.45, 2.75) is 37.1 Å². The molecule has 1 unspecified atom stereocenters. The van der Waals surface area contributed by atoms with E-state index >= 15 is 0 Å². The van der Waals surface area contributed by atoms with Crippen LogP contribution >= 0.6 is 15.9 Å². The van der Waals surface area contributed by atoms with Gasteiger partial charge in [-0.05, 0) is 32.6 Å². The molecule has 1 aliphatic carbocycles. The highest BCUT2D eigenvalue weighted by atomic mass is 79.9. The van der Waals surface area contributed by atoms with Crippen molar-refractivity contribution in [1.29, 1.82) is 0 Å². The van der Waals surface area contributed by atoms with Crippen LogP contribution in [-0.2, 0) is 9.53 Å². The van der Waals surface area contributed by atoms with Gasteiger partial charge in [0.15, 0.2) is 0 Å². The molecule has 1 saturated carbocycles. The van der Waals surface area contributed by atoms with E-state index in [4.69, 9.17) is 0 Å². The van der Waals surface area contributed by atoms with Crippen molar-refractivity contribution in [2.24, 2.45) is 5.92 Å². The number of ether oxygens (including phenoxy) is 1. The Bertz CT molecular complexity index is 214. The third kappa shape index (κ3) is 3.24. The largest absolute Gasteiger partial charge is 0.468 e. The summed E-state index contributed by atoms with van der Waals surface area (Å²) in [6, 6.07) is 0. The summed E-state index contributed by atoms with van der Waals surface area (Å²) in [5.74, 6) is 0.545. The van der Waals surface area contributed by atoms with Gasteiger partial charge in [-0.25, -0.2) is 0 Å². The van der Waals surface area contributed by atoms with Crippen molar-refractivity contribution in [3.63, 3.8) is 0 Å². The van der Waals surface area contributed by atoms with Gasteiger partial charge < -0.3 is 10.1 Å². The fourth-order valence-corrected chi connectivity index (χ4v) is 1.86. The molecule has 0 bridgehead atoms. The maximum absolute atomic E-state index is 11.1. The number of esters is 1. The van der Waals surface area contributed by atoms with Gasteiger partial charge in [-0.15, -0.1) is 0 Å². The van der Waals surface area contributed by atoms with Gasteiger partial charge in [0.1, 0.15) is 4.83 Å². The zero-order valence-electron chi connectivity index (χ0n) is 8.97. The minimum atomic E-state index is -0.245. The Morgan fingerprint density at radius 3 is 2.64 bits per heavy atom. The molecule has 1 aliphatic rings. The molecule has 0 spiro atoms. The van der Waals surface area contributed by atoms with Crippen molar-refractivity contribution in [3.05, 3.63) is 0 Å². The van der Waals surface area contributed by atoms with Crippen LogP contribution in [0.2, 0.25) is 0 Å². The second-order valence-electron chi connectivity index (χ2n) is 4.37. The summed E-state index contributed by atoms with van der Waals surface area (Å²) >= 11 is 3.29. The van der Waals surface area contributed by atoms with Crippen LogP contribution in [0, 0.1) is 5.92 Å². The highest BCUT2D eigenvalue weighted by Gasteiger charge is 2.37. The van der Waals surface area contributed by atoms with Gasteiger partial charge in [-0.1, -0.05) is 15.9 Å². The van der Waals surface area contributed by atoms with Gasteiger partial charge in [0, 0.05) is 12.1 Å². The Morgan fingerprint density at radius 2 is 2.21 bits per heavy atom. The molecule has 0 amide bonds. The lowest BCUT2D eigenvalue weighted by Gasteiger charge is -2.27. The van der Waals surface area contributed by atoms with Crippen LogP contribution in [0.3, 0.4) is 0 Å². The Labute approximate surface area is 93.7 Å². The normalized spacial score (nSPS) is 19.1. The van der Waals surface area contributed by atoms with Crippen LogP contribution in [0.5, 0.6) is 0 Å². The zero-order valence-corrected chi connectivity index (χ0v) is 10.6. The van der Waals surface area contributed by atoms with Crippen LogP contribution in [0.4, 0.5) is 0 Å². The number of alkyl halides is 1. The number of rotatable bonds is 5. The molecule has 1 rings (SSSR count). The summed E-state index contributed by atoms with van der Waals surface area (Å²) in [5.41, 5.74) is 0.139. The summed E-state index contributed by atoms with van der Waals surface area (Å²) < 4.78 is 4.63. The molecule has 1 fully saturated rings. The third-order valence-corrected chi connectivity index (χ3v) is 3.49. The summed E-state index contributed by atoms with van der Waals surface area (Å²) in [7, 11) is 1.41. The molecule has 0 radical (unpaired) electrons. The van der Waals surface area contributed by atoms with E-state index in [1.54, 1.807) is 0 Å². The predicted molar refractivity (Wildman–Crippen MR) is 59.5 cm³/mol. The smallest absolute Gasteiger partial charge is 0.320 e. The van der Waals surface area contributed by atoms with Crippen LogP contribution in [0.15, 0.2) is 0 Å². The molecule has 82 valence electrons. The first kappa shape index (κ1) is 12.0. The Kier molecular flexibility index (Phi) is 3.95. The Balaban J connectivity index is 2.28. The number of carbonyl (C=O) groups is 1. The van der Waals surface area contributed by atoms with E-state index in [2.05, 4.69) is 39.8 Å². The average molecular weight is 264 g/mol. The van der Waals surface area contributed by atoms with Crippen LogP contribution in [-0.4, -0.2) is 30.0 Å². The topological polar surface area (TPSA) is 38.3 Å². The van der Waals surface area contributed by atoms with E-state index in [0.29, 0.717) is 6.54 Å². The molecule has 0 aliphatic heterocycles. The zero-order chi connectivity index (χ0) is 10.8. The molecule has 14 heavy (non-hydrogen) atoms. The van der Waals surface area contributed by atoms with E-state index in [9.17, 15) is 4.79 Å². The number of halogens is 1. The number of carbonyl (C=O) groups excluding carboxylic acids is 1. The van der Waals surface area contributed by atoms with E-state index in [1.807, 2.05) is 0 Å². The molecular weight excluding hydrogens is 246 g/mol. The first-order chi connectivity index (χ1) is 6.47. The molecule has 1 atom stereocenters. The summed E-state index contributed by atoms with van der Waals surface area (Å²) in [4.78, 5) is 10.9. The number of hydrogen-bond donors (Lipinski definition) is 1. The van der Waals surface area contributed by atoms with Gasteiger partial charge in [0.25, 0.3) is 0 Å². The SMILES string of the molecule is COC(=O)C(Br)CNC(C)(C)C1CC1. The minimum Gasteiger partial charge on any atom is -0.468 e. The standard InChI is InChI=1S/C10H18BrNO2/c1-10(2,7-4-5-7)12-6-8(11)9(13)14-3/h7-8,12H,4-6H2,1-3H3. The predicted octanol–water partition coefficient (Wildman–Crippen LogP) is 1.70. The van der Waals surface area contributed by atoms with Gasteiger partial charge in [-0.2, -0.15) is 0 Å². The van der Waals surface area contributed by atoms with E-state index in [0.717, 1.165) is 5.92 Å². The van der Waals surface area contributed by atoms with Crippen LogP contribution in [0.25, 0.3) is 0 Å². The molecule has 3 nitrogen and oxygen atoms in total. The second kappa shape index (κ2) is 4.62. The number of hydrogen-bond acceptors (Lipinski definition) is 3. The highest BCUT2D eigenvalue weighted by Crippen LogP contribution is 2.39. The van der Waals surface area contributed by atoms with Gasteiger partial charge in [0.05, 0.1) is 7.11 Å². The molecule has 0 aromatic carbocycles. The molecule has 4 heteroatoms. The second-order valence-corrected chi connectivity index (χ2v) is 5.47. The van der Waals surface area contributed by atoms with Crippen molar-refractivity contribution >= 4 is 21.9 Å². The quantitative estimate of drug-likeness (QED) is 0.606. The molecule has 0 aromatic heterocycles. The third-order valence-electron chi connectivity index (χ3n) is 2.79. The van der Waals surface area contributed by atoms with Crippen LogP contribution in [0.1, 0.15) is 26.7 Å². The fraction of sp³-hybridized carbons (Fsp3) is 0.900. The van der Waals surface area contributed by atoms with Gasteiger partial charge in [0.2, 0.25) is 0 Å². The van der Waals surface area contributed by atoms with E-state index in [-0.39, 0.29) is 16.3 Å². The molecule has 0 heterocycles. The Morgan fingerprint density at radius 1 is 1.64 bits per heavy atom. The van der Waals surface area contributed by atoms with Crippen molar-refractivity contribution in [3.8, 4) is 0 Å². The maximum atomic E-state index is 11.1. The lowest BCUT2D eigenvalue weighted by molar-refractivity contribution is -0.139. The molecule has 0 aromatic rings. The summed E-state index contributed by atoms with van der Waals surface area (Å²) in [6.07, 6.45) is 2.59. The maximum Gasteiger partial charge on any atom is 0.320 e. The van der Waals surface area contributed by atoms with Crippen molar-refractivity contribution < 1.29 is 9.53 Å². The molecular formula is C10H18BrNO2. The van der Waals surface area contributed by atoms with Gasteiger partial charge in [-0.3, -0.25) is 4.79 Å². The van der Waals surface area contributed by atoms with E-state index in [1.165, 1.54) is 20.0 Å². The lowest BCUT2D eigenvalue weighted by atomic mass is 9.99. The van der Waals surface area contributed by atoms with Gasteiger partial charge >= 0.3 is 5.97 Å². The number of methoxy groups -OCH3 is 1. The first-order valence-corrected chi connectivity index (χ1v) is 5.86.